The summed E-state index contributed by atoms with van der Waals surface area (Å²) in [7, 11) is 0. The van der Waals surface area contributed by atoms with Gasteiger partial charge in [-0.25, -0.2) is 0 Å². The number of hydrogen-bond donors (Lipinski definition) is 1. The number of para-hydroxylation sites is 1. The van der Waals surface area contributed by atoms with Crippen LogP contribution in [-0.2, 0) is 6.42 Å². The quantitative estimate of drug-likeness (QED) is 0.912. The van der Waals surface area contributed by atoms with Crippen LogP contribution in [0.15, 0.2) is 42.5 Å². The molecule has 1 aliphatic rings. The number of aryl methyl sites for hydroxylation is 1. The van der Waals surface area contributed by atoms with Crippen LogP contribution in [0, 0.1) is 0 Å². The van der Waals surface area contributed by atoms with Gasteiger partial charge in [-0.15, -0.1) is 0 Å². The first kappa shape index (κ1) is 13.8. The summed E-state index contributed by atoms with van der Waals surface area (Å²) >= 11 is 0. The molecule has 3 rings (SSSR count). The summed E-state index contributed by atoms with van der Waals surface area (Å²) in [5.74, 6) is 1.68. The van der Waals surface area contributed by atoms with E-state index in [2.05, 4.69) is 55.6 Å². The lowest BCUT2D eigenvalue weighted by atomic mass is 10.1. The molecule has 0 amide bonds. The average Bonchev–Trinajstić information content (AvgIpc) is 2.55. The van der Waals surface area contributed by atoms with Crippen LogP contribution in [0.25, 0.3) is 0 Å². The molecule has 0 aromatic heterocycles. The molecule has 21 heavy (non-hydrogen) atoms. The number of fused-ring (bicyclic) bond motifs is 1. The third-order valence-electron chi connectivity index (χ3n) is 3.84. The minimum absolute atomic E-state index is 0.216. The molecule has 0 saturated heterocycles. The maximum absolute atomic E-state index is 5.66. The van der Waals surface area contributed by atoms with E-state index in [1.807, 2.05) is 6.07 Å². The molecular formula is C18H21NO2. The van der Waals surface area contributed by atoms with E-state index >= 15 is 0 Å². The fourth-order valence-electron chi connectivity index (χ4n) is 2.62. The van der Waals surface area contributed by atoms with Crippen molar-refractivity contribution in [3.05, 3.63) is 53.6 Å². The van der Waals surface area contributed by atoms with Crippen molar-refractivity contribution in [2.24, 2.45) is 0 Å². The Morgan fingerprint density at radius 2 is 1.81 bits per heavy atom. The molecule has 1 unspecified atom stereocenters. The summed E-state index contributed by atoms with van der Waals surface area (Å²) in [6.07, 6.45) is 1.02. The molecule has 3 nitrogen and oxygen atoms in total. The van der Waals surface area contributed by atoms with E-state index in [-0.39, 0.29) is 6.04 Å². The molecule has 3 heteroatoms. The van der Waals surface area contributed by atoms with Gasteiger partial charge >= 0.3 is 0 Å². The monoisotopic (exact) mass is 283 g/mol. The van der Waals surface area contributed by atoms with Crippen molar-refractivity contribution in [2.75, 3.05) is 18.5 Å². The van der Waals surface area contributed by atoms with Gasteiger partial charge in [-0.05, 0) is 42.7 Å². The van der Waals surface area contributed by atoms with Crippen LogP contribution < -0.4 is 14.8 Å². The molecule has 0 fully saturated rings. The molecule has 2 aromatic rings. The summed E-state index contributed by atoms with van der Waals surface area (Å²) in [5.41, 5.74) is 3.73. The largest absolute Gasteiger partial charge is 0.486 e. The van der Waals surface area contributed by atoms with E-state index in [0.29, 0.717) is 13.2 Å². The van der Waals surface area contributed by atoms with Gasteiger partial charge in [0, 0.05) is 11.7 Å². The highest BCUT2D eigenvalue weighted by Crippen LogP contribution is 2.33. The number of anilines is 1. The predicted molar refractivity (Wildman–Crippen MR) is 85.3 cm³/mol. The first-order valence-corrected chi connectivity index (χ1v) is 7.52. The zero-order valence-corrected chi connectivity index (χ0v) is 12.6. The van der Waals surface area contributed by atoms with Crippen LogP contribution in [0.4, 0.5) is 5.69 Å². The van der Waals surface area contributed by atoms with Gasteiger partial charge < -0.3 is 14.8 Å². The summed E-state index contributed by atoms with van der Waals surface area (Å²) < 4.78 is 11.2. The minimum Gasteiger partial charge on any atom is -0.486 e. The number of hydrogen-bond acceptors (Lipinski definition) is 3. The first-order valence-electron chi connectivity index (χ1n) is 7.52. The third kappa shape index (κ3) is 2.97. The van der Waals surface area contributed by atoms with E-state index < -0.39 is 0 Å². The van der Waals surface area contributed by atoms with Gasteiger partial charge in [-0.1, -0.05) is 31.2 Å². The zero-order chi connectivity index (χ0) is 14.7. The van der Waals surface area contributed by atoms with Gasteiger partial charge in [0.1, 0.15) is 13.2 Å². The Morgan fingerprint density at radius 1 is 1.05 bits per heavy atom. The average molecular weight is 283 g/mol. The van der Waals surface area contributed by atoms with Crippen molar-refractivity contribution >= 4 is 5.69 Å². The third-order valence-corrected chi connectivity index (χ3v) is 3.84. The van der Waals surface area contributed by atoms with Crippen LogP contribution in [-0.4, -0.2) is 13.2 Å². The van der Waals surface area contributed by atoms with E-state index in [9.17, 15) is 0 Å². The Balaban J connectivity index is 1.80. The van der Waals surface area contributed by atoms with Gasteiger partial charge in [0.05, 0.1) is 0 Å². The van der Waals surface area contributed by atoms with Crippen molar-refractivity contribution in [2.45, 2.75) is 26.3 Å². The second-order valence-corrected chi connectivity index (χ2v) is 5.28. The van der Waals surface area contributed by atoms with E-state index in [1.54, 1.807) is 0 Å². The highest BCUT2D eigenvalue weighted by atomic mass is 16.6. The van der Waals surface area contributed by atoms with Crippen LogP contribution in [0.2, 0.25) is 0 Å². The molecule has 1 N–H and O–H groups in total. The molecule has 1 aliphatic heterocycles. The summed E-state index contributed by atoms with van der Waals surface area (Å²) in [5, 5.41) is 3.59. The highest BCUT2D eigenvalue weighted by molar-refractivity contribution is 5.53. The SMILES string of the molecule is CCc1ccccc1NC(C)c1ccc2c(c1)OCCO2. The van der Waals surface area contributed by atoms with Crippen molar-refractivity contribution < 1.29 is 9.47 Å². The van der Waals surface area contributed by atoms with Gasteiger partial charge in [-0.2, -0.15) is 0 Å². The fraction of sp³-hybridized carbons (Fsp3) is 0.333. The van der Waals surface area contributed by atoms with Crippen molar-refractivity contribution in [3.8, 4) is 11.5 Å². The standard InChI is InChI=1S/C18H21NO2/c1-3-14-6-4-5-7-16(14)19-13(2)15-8-9-17-18(12-15)21-11-10-20-17/h4-9,12-13,19H,3,10-11H2,1-2H3. The van der Waals surface area contributed by atoms with Crippen LogP contribution >= 0.6 is 0 Å². The fourth-order valence-corrected chi connectivity index (χ4v) is 2.62. The van der Waals surface area contributed by atoms with Crippen molar-refractivity contribution in [1.82, 2.24) is 0 Å². The Labute approximate surface area is 125 Å². The molecule has 0 radical (unpaired) electrons. The van der Waals surface area contributed by atoms with Gasteiger partial charge in [0.2, 0.25) is 0 Å². The summed E-state index contributed by atoms with van der Waals surface area (Å²) in [4.78, 5) is 0. The van der Waals surface area contributed by atoms with Gasteiger partial charge in [0.15, 0.2) is 11.5 Å². The number of benzene rings is 2. The lowest BCUT2D eigenvalue weighted by Gasteiger charge is -2.22. The lowest BCUT2D eigenvalue weighted by molar-refractivity contribution is 0.171. The first-order chi connectivity index (χ1) is 10.3. The molecule has 110 valence electrons. The molecule has 0 spiro atoms. The highest BCUT2D eigenvalue weighted by Gasteiger charge is 2.14. The second kappa shape index (κ2) is 6.08. The van der Waals surface area contributed by atoms with E-state index in [1.165, 1.54) is 16.8 Å². The second-order valence-electron chi connectivity index (χ2n) is 5.28. The maximum atomic E-state index is 5.66. The molecule has 1 heterocycles. The number of ether oxygens (including phenoxy) is 2. The molecule has 0 aliphatic carbocycles. The van der Waals surface area contributed by atoms with Crippen LogP contribution in [0.1, 0.15) is 31.0 Å². The Morgan fingerprint density at radius 3 is 2.62 bits per heavy atom. The van der Waals surface area contributed by atoms with Gasteiger partial charge in [0.25, 0.3) is 0 Å². The smallest absolute Gasteiger partial charge is 0.161 e. The molecule has 2 aromatic carbocycles. The van der Waals surface area contributed by atoms with Crippen molar-refractivity contribution in [1.29, 1.82) is 0 Å². The molecule has 0 bridgehead atoms. The maximum Gasteiger partial charge on any atom is 0.161 e. The minimum atomic E-state index is 0.216. The predicted octanol–water partition coefficient (Wildman–Crippen LogP) is 4.19. The topological polar surface area (TPSA) is 30.5 Å². The van der Waals surface area contributed by atoms with Crippen LogP contribution in [0.3, 0.4) is 0 Å². The molecular weight excluding hydrogens is 262 g/mol. The zero-order valence-electron chi connectivity index (χ0n) is 12.6. The van der Waals surface area contributed by atoms with Gasteiger partial charge in [-0.3, -0.25) is 0 Å². The normalized spacial score (nSPS) is 14.6. The summed E-state index contributed by atoms with van der Waals surface area (Å²) in [6, 6.07) is 14.8. The van der Waals surface area contributed by atoms with E-state index in [0.717, 1.165) is 17.9 Å². The Kier molecular flexibility index (Phi) is 4.00. The Hall–Kier alpha value is -2.16. The number of nitrogens with one attached hydrogen (secondary N) is 1. The van der Waals surface area contributed by atoms with Crippen LogP contribution in [0.5, 0.6) is 11.5 Å². The Bertz CT molecular complexity index is 624. The lowest BCUT2D eigenvalue weighted by Crippen LogP contribution is -2.16. The van der Waals surface area contributed by atoms with Crippen molar-refractivity contribution in [3.63, 3.8) is 0 Å². The van der Waals surface area contributed by atoms with E-state index in [4.69, 9.17) is 9.47 Å². The molecule has 1 atom stereocenters. The number of rotatable bonds is 4. The summed E-state index contributed by atoms with van der Waals surface area (Å²) in [6.45, 7) is 5.59. The molecule has 0 saturated carbocycles.